The Labute approximate surface area is 182 Å². The van der Waals surface area contributed by atoms with Crippen molar-refractivity contribution in [2.45, 2.75) is 6.42 Å². The number of nitrogens with one attached hydrogen (secondary N) is 1. The van der Waals surface area contributed by atoms with E-state index in [0.717, 1.165) is 0 Å². The Hall–Kier alpha value is -0.460. The summed E-state index contributed by atoms with van der Waals surface area (Å²) in [7, 11) is 0. The zero-order chi connectivity index (χ0) is 19.4. The second-order valence-electron chi connectivity index (χ2n) is 4.48. The highest BCUT2D eigenvalue weighted by molar-refractivity contribution is 6.56. The van der Waals surface area contributed by atoms with Gasteiger partial charge in [0, 0.05) is 24.8 Å². The summed E-state index contributed by atoms with van der Waals surface area (Å²) in [5.41, 5.74) is 2.61. The first-order valence-corrected chi connectivity index (χ1v) is 9.46. The minimum atomic E-state index is 0.120. The van der Waals surface area contributed by atoms with Gasteiger partial charge in [0.25, 0.3) is 0 Å². The van der Waals surface area contributed by atoms with Crippen LogP contribution < -0.4 is 15.0 Å². The van der Waals surface area contributed by atoms with Gasteiger partial charge in [-0.15, -0.1) is 0 Å². The van der Waals surface area contributed by atoms with Gasteiger partial charge in [0.05, 0.1) is 23.3 Å². The van der Waals surface area contributed by atoms with Crippen LogP contribution >= 0.6 is 69.6 Å². The monoisotopic (exact) mass is 479 g/mol. The maximum absolute atomic E-state index is 6.16. The van der Waals surface area contributed by atoms with Crippen molar-refractivity contribution in [3.8, 4) is 11.5 Å². The first kappa shape index (κ1) is 23.6. The van der Waals surface area contributed by atoms with Gasteiger partial charge in [0.15, 0.2) is 5.75 Å². The van der Waals surface area contributed by atoms with E-state index in [4.69, 9.17) is 83.9 Å². The van der Waals surface area contributed by atoms with Crippen LogP contribution in [0.3, 0.4) is 0 Å². The van der Waals surface area contributed by atoms with Crippen molar-refractivity contribution in [1.29, 1.82) is 0 Å². The summed E-state index contributed by atoms with van der Waals surface area (Å²) in [6.07, 6.45) is 7.04. The molecule has 1 N–H and O–H groups in total. The Morgan fingerprint density at radius 1 is 0.923 bits per heavy atom. The number of benzene rings is 1. The van der Waals surface area contributed by atoms with E-state index in [0.29, 0.717) is 34.6 Å². The van der Waals surface area contributed by atoms with Gasteiger partial charge < -0.3 is 9.47 Å². The van der Waals surface area contributed by atoms with Crippen LogP contribution in [0, 0.1) is 0 Å². The molecule has 0 fully saturated rings. The lowest BCUT2D eigenvalue weighted by atomic mass is 10.3. The lowest BCUT2D eigenvalue weighted by Gasteiger charge is -2.11. The fraction of sp³-hybridized carbons (Fsp3) is 0.250. The first-order chi connectivity index (χ1) is 12.4. The Bertz CT molecular complexity index is 632. The van der Waals surface area contributed by atoms with E-state index in [1.54, 1.807) is 18.3 Å². The Kier molecular flexibility index (Phi) is 12.4. The summed E-state index contributed by atoms with van der Waals surface area (Å²) in [5, 5.41) is 0.673. The molecule has 4 nitrogen and oxygen atoms in total. The molecule has 0 saturated heterocycles. The van der Waals surface area contributed by atoms with Crippen LogP contribution in [0.4, 0.5) is 0 Å². The second kappa shape index (κ2) is 13.7. The number of hydrogen-bond acceptors (Lipinski definition) is 4. The molecule has 0 unspecified atom stereocenters. The van der Waals surface area contributed by atoms with Crippen LogP contribution in [0.15, 0.2) is 45.5 Å². The van der Waals surface area contributed by atoms with Crippen LogP contribution in [0.1, 0.15) is 6.42 Å². The summed E-state index contributed by atoms with van der Waals surface area (Å²) >= 11 is 34.2. The predicted molar refractivity (Wildman–Crippen MR) is 110 cm³/mol. The van der Waals surface area contributed by atoms with E-state index in [2.05, 4.69) is 5.48 Å². The number of rotatable bonds is 11. The molecule has 0 heterocycles. The van der Waals surface area contributed by atoms with Crippen molar-refractivity contribution in [2.75, 3.05) is 19.8 Å². The second-order valence-corrected chi connectivity index (χ2v) is 7.31. The van der Waals surface area contributed by atoms with E-state index in [1.165, 1.54) is 12.2 Å². The summed E-state index contributed by atoms with van der Waals surface area (Å²) < 4.78 is 11.3. The smallest absolute Gasteiger partial charge is 0.156 e. The van der Waals surface area contributed by atoms with Gasteiger partial charge in [-0.2, -0.15) is 0 Å². The van der Waals surface area contributed by atoms with Crippen LogP contribution in [0.2, 0.25) is 10.0 Å². The third-order valence-corrected chi connectivity index (χ3v) is 3.76. The fourth-order valence-corrected chi connectivity index (χ4v) is 2.35. The number of hydrogen-bond donors (Lipinski definition) is 1. The molecular formula is C16H15Cl6NO3. The summed E-state index contributed by atoms with van der Waals surface area (Å²) in [4.78, 5) is 5.01. The molecule has 0 aliphatic heterocycles. The highest BCUT2D eigenvalue weighted by atomic mass is 35.5. The molecule has 1 aromatic carbocycles. The molecule has 0 bridgehead atoms. The maximum Gasteiger partial charge on any atom is 0.156 e. The molecule has 0 spiro atoms. The molecule has 0 aliphatic carbocycles. The van der Waals surface area contributed by atoms with Gasteiger partial charge >= 0.3 is 0 Å². The van der Waals surface area contributed by atoms with Crippen LogP contribution in [0.5, 0.6) is 11.5 Å². The molecule has 0 aromatic heterocycles. The molecule has 10 heteroatoms. The quantitative estimate of drug-likeness (QED) is 0.278. The van der Waals surface area contributed by atoms with Crippen molar-refractivity contribution in [1.82, 2.24) is 5.48 Å². The van der Waals surface area contributed by atoms with E-state index < -0.39 is 0 Å². The van der Waals surface area contributed by atoms with Crippen molar-refractivity contribution in [3.05, 3.63) is 55.6 Å². The maximum atomic E-state index is 6.16. The molecular weight excluding hydrogens is 467 g/mol. The highest BCUT2D eigenvalue weighted by Gasteiger charge is 2.10. The van der Waals surface area contributed by atoms with Gasteiger partial charge in [-0.05, 0) is 12.2 Å². The summed E-state index contributed by atoms with van der Waals surface area (Å²) in [5.74, 6) is 0.858. The SMILES string of the molecule is ClC(Cl)=CCONC=CCCOc1c(Cl)cc(OCC=C(Cl)Cl)cc1Cl. The third-order valence-electron chi connectivity index (χ3n) is 2.58. The normalized spacial score (nSPS) is 10.5. The van der Waals surface area contributed by atoms with E-state index in [-0.39, 0.29) is 22.2 Å². The minimum absolute atomic E-state index is 0.120. The van der Waals surface area contributed by atoms with Crippen molar-refractivity contribution >= 4 is 69.6 Å². The van der Waals surface area contributed by atoms with E-state index >= 15 is 0 Å². The van der Waals surface area contributed by atoms with Crippen molar-refractivity contribution < 1.29 is 14.3 Å². The van der Waals surface area contributed by atoms with E-state index in [1.807, 2.05) is 6.08 Å². The molecule has 144 valence electrons. The van der Waals surface area contributed by atoms with Crippen molar-refractivity contribution in [2.24, 2.45) is 0 Å². The molecule has 0 amide bonds. The van der Waals surface area contributed by atoms with Gasteiger partial charge in [0.1, 0.15) is 21.3 Å². The molecule has 0 radical (unpaired) electrons. The molecule has 0 saturated carbocycles. The lowest BCUT2D eigenvalue weighted by molar-refractivity contribution is 0.0952. The average Bonchev–Trinajstić information content (AvgIpc) is 2.54. The van der Waals surface area contributed by atoms with Gasteiger partial charge in [-0.3, -0.25) is 10.3 Å². The highest BCUT2D eigenvalue weighted by Crippen LogP contribution is 2.37. The van der Waals surface area contributed by atoms with E-state index in [9.17, 15) is 0 Å². The van der Waals surface area contributed by atoms with Crippen LogP contribution in [0.25, 0.3) is 0 Å². The number of hydroxylamine groups is 1. The molecule has 1 rings (SSSR count). The average molecular weight is 482 g/mol. The number of ether oxygens (including phenoxy) is 2. The minimum Gasteiger partial charge on any atom is -0.490 e. The standard InChI is InChI=1S/C16H15Cl6NO3/c17-12-9-11(24-7-3-14(19)20)10-13(18)16(12)25-6-2-1-5-23-26-8-4-15(21)22/h1,3-5,9-10,23H,2,6-8H2. The van der Waals surface area contributed by atoms with Crippen LogP contribution in [-0.2, 0) is 4.84 Å². The Balaban J connectivity index is 2.38. The summed E-state index contributed by atoms with van der Waals surface area (Å²) in [6.45, 7) is 0.813. The van der Waals surface area contributed by atoms with Crippen LogP contribution in [-0.4, -0.2) is 19.8 Å². The molecule has 0 aliphatic rings. The number of halogens is 6. The molecule has 26 heavy (non-hydrogen) atoms. The predicted octanol–water partition coefficient (Wildman–Crippen LogP) is 6.81. The third kappa shape index (κ3) is 10.6. The molecule has 0 atom stereocenters. The summed E-state index contributed by atoms with van der Waals surface area (Å²) in [6, 6.07) is 3.19. The molecule has 1 aromatic rings. The Morgan fingerprint density at radius 2 is 1.54 bits per heavy atom. The van der Waals surface area contributed by atoms with Gasteiger partial charge in [-0.25, -0.2) is 0 Å². The topological polar surface area (TPSA) is 39.7 Å². The largest absolute Gasteiger partial charge is 0.490 e. The Morgan fingerprint density at radius 3 is 2.15 bits per heavy atom. The lowest BCUT2D eigenvalue weighted by Crippen LogP contribution is -2.06. The van der Waals surface area contributed by atoms with Crippen molar-refractivity contribution in [3.63, 3.8) is 0 Å². The van der Waals surface area contributed by atoms with Gasteiger partial charge in [-0.1, -0.05) is 75.7 Å². The first-order valence-electron chi connectivity index (χ1n) is 7.19. The zero-order valence-corrected chi connectivity index (χ0v) is 17.8. The fourth-order valence-electron chi connectivity index (χ4n) is 1.52. The van der Waals surface area contributed by atoms with Gasteiger partial charge in [0.2, 0.25) is 0 Å². The zero-order valence-electron chi connectivity index (χ0n) is 13.3.